The van der Waals surface area contributed by atoms with Crippen LogP contribution < -0.4 is 10.1 Å². The molecule has 2 fully saturated rings. The highest BCUT2D eigenvalue weighted by Crippen LogP contribution is 2.42. The number of halogens is 1. The number of carbonyl (C=O) groups excluding carboxylic acids is 3. The number of piperidine rings is 1. The predicted molar refractivity (Wildman–Crippen MR) is 139 cm³/mol. The van der Waals surface area contributed by atoms with E-state index in [-0.39, 0.29) is 16.9 Å². The number of nitrogens with one attached hydrogen (secondary N) is 1. The summed E-state index contributed by atoms with van der Waals surface area (Å²) in [4.78, 5) is 40.8. The number of hydrogen-bond acceptors (Lipinski definition) is 10. The van der Waals surface area contributed by atoms with Gasteiger partial charge in [0.25, 0.3) is 11.8 Å². The molecule has 0 bridgehead atoms. The lowest BCUT2D eigenvalue weighted by atomic mass is 9.43. The molecule has 2 aromatic rings. The second-order valence-electron chi connectivity index (χ2n) is 10.2. The quantitative estimate of drug-likeness (QED) is 0.140. The third kappa shape index (κ3) is 4.55. The minimum Gasteiger partial charge on any atom is -0.435 e. The number of morpholine rings is 1. The van der Waals surface area contributed by atoms with E-state index in [9.17, 15) is 39.2 Å². The van der Waals surface area contributed by atoms with Crippen molar-refractivity contribution in [2.45, 2.75) is 35.5 Å². The summed E-state index contributed by atoms with van der Waals surface area (Å²) in [5.41, 5.74) is -9.90. The molecule has 0 aromatic heterocycles. The predicted octanol–water partition coefficient (Wildman–Crippen LogP) is -2.98. The van der Waals surface area contributed by atoms with Crippen molar-refractivity contribution in [2.24, 2.45) is 0 Å². The van der Waals surface area contributed by atoms with Crippen LogP contribution in [0.5, 0.6) is 5.75 Å². The molecule has 0 saturated carbocycles. The first-order chi connectivity index (χ1) is 19.1. The van der Waals surface area contributed by atoms with Gasteiger partial charge in [0, 0.05) is 30.8 Å². The number of fused-ring (bicyclic) bond motifs is 1. The molecule has 2 aromatic carbocycles. The summed E-state index contributed by atoms with van der Waals surface area (Å²) >= 11 is 0. The average molecular weight is 561 g/mol. The Morgan fingerprint density at radius 3 is 2.41 bits per heavy atom. The summed E-state index contributed by atoms with van der Waals surface area (Å²) < 4.78 is 25.5. The molecule has 2 saturated heterocycles. The highest BCUT2D eigenvalue weighted by molar-refractivity contribution is 6.46. The van der Waals surface area contributed by atoms with Gasteiger partial charge in [-0.2, -0.15) is 0 Å². The van der Waals surface area contributed by atoms with Gasteiger partial charge in [-0.1, -0.05) is 12.1 Å². The normalized spacial score (nSPS) is 28.9. The fourth-order valence-corrected chi connectivity index (χ4v) is 5.09. The van der Waals surface area contributed by atoms with Gasteiger partial charge in [-0.3, -0.25) is 24.6 Å². The first kappa shape index (κ1) is 29.2. The van der Waals surface area contributed by atoms with Crippen molar-refractivity contribution in [2.75, 3.05) is 26.3 Å². The number of ether oxygens (including phenoxy) is 2. The van der Waals surface area contributed by atoms with Gasteiger partial charge in [0.1, 0.15) is 46.0 Å². The SMILES string of the molecule is [B]C1(O)C(=O)NC(=O)C([B])(N2Cc3c(OC(O)(O)c4cc(CN5CCOCC5)ccc4F)cccc3C2=O)C1([B])O. The average Bonchev–Trinajstić information content (AvgIpc) is 3.26. The minimum absolute atomic E-state index is 0.0549. The van der Waals surface area contributed by atoms with Crippen LogP contribution in [0.4, 0.5) is 4.39 Å². The van der Waals surface area contributed by atoms with Crippen molar-refractivity contribution in [1.29, 1.82) is 0 Å². The van der Waals surface area contributed by atoms with E-state index in [2.05, 4.69) is 0 Å². The maximum atomic E-state index is 14.8. The zero-order valence-electron chi connectivity index (χ0n) is 21.5. The highest BCUT2D eigenvalue weighted by atomic mass is 19.1. The largest absolute Gasteiger partial charge is 0.435 e. The second-order valence-corrected chi connectivity index (χ2v) is 10.2. The van der Waals surface area contributed by atoms with E-state index in [0.717, 1.165) is 6.07 Å². The first-order valence-corrected chi connectivity index (χ1v) is 12.4. The van der Waals surface area contributed by atoms with Gasteiger partial charge >= 0.3 is 5.97 Å². The number of carbonyl (C=O) groups is 3. The smallest absolute Gasteiger partial charge is 0.354 e. The van der Waals surface area contributed by atoms with E-state index in [4.69, 9.17) is 33.0 Å². The van der Waals surface area contributed by atoms with Gasteiger partial charge < -0.3 is 34.8 Å². The van der Waals surface area contributed by atoms with Crippen LogP contribution in [0.15, 0.2) is 36.4 Å². The topological polar surface area (TPSA) is 169 Å². The molecule has 3 heterocycles. The molecular weight excluding hydrogens is 538 g/mol. The van der Waals surface area contributed by atoms with Gasteiger partial charge in [0.05, 0.1) is 30.8 Å². The molecule has 41 heavy (non-hydrogen) atoms. The zero-order valence-corrected chi connectivity index (χ0v) is 21.5. The molecule has 3 atom stereocenters. The van der Waals surface area contributed by atoms with E-state index in [1.54, 1.807) is 5.32 Å². The fraction of sp³-hybridized carbons (Fsp3) is 0.400. The number of amides is 3. The minimum atomic E-state index is -3.38. The number of rotatable bonds is 6. The molecule has 3 unspecified atom stereocenters. The van der Waals surface area contributed by atoms with Crippen LogP contribution in [0, 0.1) is 5.82 Å². The van der Waals surface area contributed by atoms with Gasteiger partial charge in [-0.25, -0.2) is 4.39 Å². The Bertz CT molecular complexity index is 1430. The van der Waals surface area contributed by atoms with Gasteiger partial charge in [0.15, 0.2) is 0 Å². The maximum absolute atomic E-state index is 14.8. The molecule has 3 aliphatic rings. The van der Waals surface area contributed by atoms with Crippen LogP contribution in [0.2, 0.25) is 0 Å². The molecule has 16 heteroatoms. The Kier molecular flexibility index (Phi) is 7.08. The molecule has 5 N–H and O–H groups in total. The Hall–Kier alpha value is -3.27. The van der Waals surface area contributed by atoms with Crippen LogP contribution in [0.25, 0.3) is 0 Å². The van der Waals surface area contributed by atoms with Crippen molar-refractivity contribution in [3.63, 3.8) is 0 Å². The number of imide groups is 1. The van der Waals surface area contributed by atoms with Crippen molar-refractivity contribution in [1.82, 2.24) is 15.1 Å². The summed E-state index contributed by atoms with van der Waals surface area (Å²) in [7, 11) is 17.3. The van der Waals surface area contributed by atoms with Crippen LogP contribution in [-0.2, 0) is 33.4 Å². The lowest BCUT2D eigenvalue weighted by Crippen LogP contribution is -2.86. The Labute approximate surface area is 237 Å². The number of nitrogens with zero attached hydrogens (tertiary/aromatic N) is 2. The van der Waals surface area contributed by atoms with Crippen LogP contribution in [0.1, 0.15) is 27.0 Å². The van der Waals surface area contributed by atoms with Crippen LogP contribution in [-0.4, -0.2) is 114 Å². The van der Waals surface area contributed by atoms with E-state index < -0.39 is 58.1 Å². The molecule has 0 spiro atoms. The molecule has 6 radical (unpaired) electrons. The Morgan fingerprint density at radius 2 is 1.73 bits per heavy atom. The summed E-state index contributed by atoms with van der Waals surface area (Å²) in [5.74, 6) is -8.52. The molecule has 5 rings (SSSR count). The molecular formula is C25H23B3FN3O9. The van der Waals surface area contributed by atoms with Crippen molar-refractivity contribution in [3.05, 3.63) is 64.5 Å². The third-order valence-corrected chi connectivity index (χ3v) is 7.58. The van der Waals surface area contributed by atoms with Gasteiger partial charge in [0.2, 0.25) is 5.91 Å². The van der Waals surface area contributed by atoms with Crippen LogP contribution >= 0.6 is 0 Å². The van der Waals surface area contributed by atoms with Crippen molar-refractivity contribution >= 4 is 41.3 Å². The second kappa shape index (κ2) is 9.93. The maximum Gasteiger partial charge on any atom is 0.354 e. The van der Waals surface area contributed by atoms with Crippen molar-refractivity contribution in [3.8, 4) is 5.75 Å². The van der Waals surface area contributed by atoms with Crippen molar-refractivity contribution < 1.29 is 48.7 Å². The van der Waals surface area contributed by atoms with E-state index in [0.29, 0.717) is 43.3 Å². The monoisotopic (exact) mass is 561 g/mol. The number of hydrogen-bond donors (Lipinski definition) is 5. The lowest BCUT2D eigenvalue weighted by Gasteiger charge is -2.56. The van der Waals surface area contributed by atoms with Gasteiger partial charge in [-0.15, -0.1) is 0 Å². The molecule has 208 valence electrons. The third-order valence-electron chi connectivity index (χ3n) is 7.58. The standard InChI is InChI=1S/C25H23B3FN3O9/c26-22(20(34)30-21(35)23(27,36)25(22,28)39)32-12-15-14(19(32)33)2-1-3-18(15)41-24(37,38)16-10-13(4-5-17(16)29)11-31-6-8-40-9-7-31/h1-5,10,36-39H,6-9,11-12H2,(H,30,34,35). The highest BCUT2D eigenvalue weighted by Gasteiger charge is 2.67. The van der Waals surface area contributed by atoms with Gasteiger partial charge in [-0.05, 0) is 29.8 Å². The number of benzene rings is 2. The first-order valence-electron chi connectivity index (χ1n) is 12.4. The lowest BCUT2D eigenvalue weighted by molar-refractivity contribution is -0.305. The molecule has 3 aliphatic heterocycles. The summed E-state index contributed by atoms with van der Waals surface area (Å²) in [6, 6.07) is 7.62. The van der Waals surface area contributed by atoms with E-state index in [1.807, 2.05) is 4.90 Å². The summed E-state index contributed by atoms with van der Waals surface area (Å²) in [5, 5.41) is 44.6. The van der Waals surface area contributed by atoms with Crippen LogP contribution in [0.3, 0.4) is 0 Å². The molecule has 0 aliphatic carbocycles. The molecule has 3 amide bonds. The fourth-order valence-electron chi connectivity index (χ4n) is 5.09. The number of aliphatic hydroxyl groups is 4. The van der Waals surface area contributed by atoms with E-state index >= 15 is 0 Å². The zero-order chi connectivity index (χ0) is 30.0. The Balaban J connectivity index is 1.45. The summed E-state index contributed by atoms with van der Waals surface area (Å²) in [6.45, 7) is 2.10. The Morgan fingerprint density at radius 1 is 1.05 bits per heavy atom. The molecule has 12 nitrogen and oxygen atoms in total. The van der Waals surface area contributed by atoms with E-state index in [1.165, 1.54) is 30.3 Å². The summed E-state index contributed by atoms with van der Waals surface area (Å²) in [6.07, 6.45) is 0.